The summed E-state index contributed by atoms with van der Waals surface area (Å²) >= 11 is 0. The van der Waals surface area contributed by atoms with E-state index in [-0.39, 0.29) is 0 Å². The van der Waals surface area contributed by atoms with Gasteiger partial charge in [0.1, 0.15) is 0 Å². The Balaban J connectivity index is 1.94. The molecule has 1 unspecified atom stereocenters. The van der Waals surface area contributed by atoms with E-state index in [1.165, 1.54) is 0 Å². The number of aliphatic hydroxyl groups excluding tert-OH is 1. The van der Waals surface area contributed by atoms with Crippen molar-refractivity contribution in [2.45, 2.75) is 31.9 Å². The SMILES string of the molecule is CCOCCOCC(O)CNC1CCN(C)CC1. The highest BCUT2D eigenvalue weighted by molar-refractivity contribution is 4.76. The van der Waals surface area contributed by atoms with Gasteiger partial charge in [0.05, 0.1) is 25.9 Å². The zero-order valence-corrected chi connectivity index (χ0v) is 11.7. The van der Waals surface area contributed by atoms with Gasteiger partial charge in [-0.15, -0.1) is 0 Å². The van der Waals surface area contributed by atoms with Crippen LogP contribution in [0.15, 0.2) is 0 Å². The van der Waals surface area contributed by atoms with Gasteiger partial charge < -0.3 is 24.8 Å². The van der Waals surface area contributed by atoms with Crippen LogP contribution in [-0.2, 0) is 9.47 Å². The van der Waals surface area contributed by atoms with Crippen molar-refractivity contribution in [2.75, 3.05) is 53.1 Å². The molecule has 1 aliphatic heterocycles. The number of ether oxygens (including phenoxy) is 2. The molecule has 2 N–H and O–H groups in total. The highest BCUT2D eigenvalue weighted by Gasteiger charge is 2.16. The van der Waals surface area contributed by atoms with Crippen LogP contribution < -0.4 is 5.32 Å². The largest absolute Gasteiger partial charge is 0.389 e. The van der Waals surface area contributed by atoms with Crippen LogP contribution >= 0.6 is 0 Å². The van der Waals surface area contributed by atoms with Gasteiger partial charge in [-0.1, -0.05) is 0 Å². The number of rotatable bonds is 9. The predicted octanol–water partition coefficient (Wildman–Crippen LogP) is 0.0842. The number of likely N-dealkylation sites (tertiary alicyclic amines) is 1. The molecule has 18 heavy (non-hydrogen) atoms. The summed E-state index contributed by atoms with van der Waals surface area (Å²) in [5, 5.41) is 13.2. The number of piperidine rings is 1. The molecule has 5 nitrogen and oxygen atoms in total. The first kappa shape index (κ1) is 15.9. The Morgan fingerprint density at radius 2 is 1.94 bits per heavy atom. The van der Waals surface area contributed by atoms with Crippen LogP contribution in [0, 0.1) is 0 Å². The van der Waals surface area contributed by atoms with Gasteiger partial charge in [-0.2, -0.15) is 0 Å². The van der Waals surface area contributed by atoms with Crippen LogP contribution in [-0.4, -0.2) is 75.3 Å². The second-order valence-corrected chi connectivity index (χ2v) is 4.91. The molecule has 0 amide bonds. The topological polar surface area (TPSA) is 54.0 Å². The quantitative estimate of drug-likeness (QED) is 0.575. The molecule has 0 bridgehead atoms. The molecular formula is C13H28N2O3. The van der Waals surface area contributed by atoms with E-state index in [0.29, 0.717) is 39.0 Å². The number of hydrogen-bond donors (Lipinski definition) is 2. The lowest BCUT2D eigenvalue weighted by molar-refractivity contribution is 0.00515. The average Bonchev–Trinajstić information content (AvgIpc) is 2.38. The lowest BCUT2D eigenvalue weighted by Crippen LogP contribution is -2.44. The van der Waals surface area contributed by atoms with E-state index in [2.05, 4.69) is 17.3 Å². The summed E-state index contributed by atoms with van der Waals surface area (Å²) in [5.74, 6) is 0. The van der Waals surface area contributed by atoms with Crippen LogP contribution in [0.4, 0.5) is 0 Å². The summed E-state index contributed by atoms with van der Waals surface area (Å²) in [6.07, 6.45) is 1.90. The normalized spacial score (nSPS) is 20.2. The van der Waals surface area contributed by atoms with Crippen molar-refractivity contribution in [3.8, 4) is 0 Å². The Morgan fingerprint density at radius 3 is 2.61 bits per heavy atom. The fraction of sp³-hybridized carbons (Fsp3) is 1.00. The minimum atomic E-state index is -0.425. The van der Waals surface area contributed by atoms with Gasteiger partial charge >= 0.3 is 0 Å². The average molecular weight is 260 g/mol. The van der Waals surface area contributed by atoms with Gasteiger partial charge in [0, 0.05) is 19.2 Å². The molecule has 108 valence electrons. The molecule has 5 heteroatoms. The van der Waals surface area contributed by atoms with E-state index in [0.717, 1.165) is 25.9 Å². The molecule has 0 aliphatic carbocycles. The molecule has 0 aromatic carbocycles. The van der Waals surface area contributed by atoms with Crippen LogP contribution in [0.25, 0.3) is 0 Å². The fourth-order valence-electron chi connectivity index (χ4n) is 2.06. The lowest BCUT2D eigenvalue weighted by Gasteiger charge is -2.30. The van der Waals surface area contributed by atoms with E-state index in [4.69, 9.17) is 9.47 Å². The van der Waals surface area contributed by atoms with Crippen LogP contribution in [0.2, 0.25) is 0 Å². The Labute approximate surface area is 110 Å². The van der Waals surface area contributed by atoms with Crippen molar-refractivity contribution in [2.24, 2.45) is 0 Å². The molecule has 1 rings (SSSR count). The summed E-state index contributed by atoms with van der Waals surface area (Å²) in [6, 6.07) is 0.541. The van der Waals surface area contributed by atoms with E-state index in [9.17, 15) is 5.11 Å². The predicted molar refractivity (Wildman–Crippen MR) is 71.8 cm³/mol. The van der Waals surface area contributed by atoms with Crippen molar-refractivity contribution >= 4 is 0 Å². The molecule has 0 aromatic rings. The lowest BCUT2D eigenvalue weighted by atomic mass is 10.1. The van der Waals surface area contributed by atoms with Crippen molar-refractivity contribution in [3.05, 3.63) is 0 Å². The summed E-state index contributed by atoms with van der Waals surface area (Å²) < 4.78 is 10.5. The number of nitrogens with one attached hydrogen (secondary N) is 1. The molecule has 0 spiro atoms. The van der Waals surface area contributed by atoms with Gasteiger partial charge in [0.15, 0.2) is 0 Å². The summed E-state index contributed by atoms with van der Waals surface area (Å²) in [4.78, 5) is 2.34. The molecule has 1 heterocycles. The van der Waals surface area contributed by atoms with E-state index >= 15 is 0 Å². The zero-order chi connectivity index (χ0) is 13.2. The Hall–Kier alpha value is -0.200. The van der Waals surface area contributed by atoms with Gasteiger partial charge in [-0.25, -0.2) is 0 Å². The minimum absolute atomic E-state index is 0.382. The summed E-state index contributed by atoms with van der Waals surface area (Å²) in [6.45, 7) is 7.10. The molecule has 0 aromatic heterocycles. The van der Waals surface area contributed by atoms with Crippen LogP contribution in [0.5, 0.6) is 0 Å². The second kappa shape index (κ2) is 9.69. The molecular weight excluding hydrogens is 232 g/mol. The van der Waals surface area contributed by atoms with Crippen LogP contribution in [0.3, 0.4) is 0 Å². The first-order valence-corrected chi connectivity index (χ1v) is 6.97. The smallest absolute Gasteiger partial charge is 0.0897 e. The van der Waals surface area contributed by atoms with Gasteiger partial charge in [-0.05, 0) is 39.9 Å². The Bertz CT molecular complexity index is 197. The van der Waals surface area contributed by atoms with Gasteiger partial charge in [0.2, 0.25) is 0 Å². The van der Waals surface area contributed by atoms with Crippen molar-refractivity contribution < 1.29 is 14.6 Å². The second-order valence-electron chi connectivity index (χ2n) is 4.91. The fourth-order valence-corrected chi connectivity index (χ4v) is 2.06. The number of hydrogen-bond acceptors (Lipinski definition) is 5. The zero-order valence-electron chi connectivity index (χ0n) is 11.7. The molecule has 0 saturated carbocycles. The van der Waals surface area contributed by atoms with Crippen LogP contribution in [0.1, 0.15) is 19.8 Å². The Morgan fingerprint density at radius 1 is 1.28 bits per heavy atom. The maximum absolute atomic E-state index is 9.75. The number of nitrogens with zero attached hydrogens (tertiary/aromatic N) is 1. The van der Waals surface area contributed by atoms with E-state index in [1.807, 2.05) is 6.92 Å². The maximum atomic E-state index is 9.75. The third kappa shape index (κ3) is 7.28. The summed E-state index contributed by atoms with van der Waals surface area (Å²) in [5.41, 5.74) is 0. The third-order valence-electron chi connectivity index (χ3n) is 3.25. The van der Waals surface area contributed by atoms with Crippen molar-refractivity contribution in [1.29, 1.82) is 0 Å². The molecule has 1 aliphatic rings. The molecule has 1 saturated heterocycles. The number of aliphatic hydroxyl groups is 1. The first-order valence-electron chi connectivity index (χ1n) is 6.97. The maximum Gasteiger partial charge on any atom is 0.0897 e. The summed E-state index contributed by atoms with van der Waals surface area (Å²) in [7, 11) is 2.15. The minimum Gasteiger partial charge on any atom is -0.389 e. The highest BCUT2D eigenvalue weighted by Crippen LogP contribution is 2.07. The van der Waals surface area contributed by atoms with Crippen molar-refractivity contribution in [3.63, 3.8) is 0 Å². The highest BCUT2D eigenvalue weighted by atomic mass is 16.5. The molecule has 0 radical (unpaired) electrons. The monoisotopic (exact) mass is 260 g/mol. The van der Waals surface area contributed by atoms with Crippen molar-refractivity contribution in [1.82, 2.24) is 10.2 Å². The van der Waals surface area contributed by atoms with Gasteiger partial charge in [-0.3, -0.25) is 0 Å². The first-order chi connectivity index (χ1) is 8.72. The third-order valence-corrected chi connectivity index (χ3v) is 3.25. The molecule has 1 fully saturated rings. The van der Waals surface area contributed by atoms with E-state index < -0.39 is 6.10 Å². The molecule has 1 atom stereocenters. The standard InChI is InChI=1S/C13H28N2O3/c1-3-17-8-9-18-11-13(16)10-14-12-4-6-15(2)7-5-12/h12-14,16H,3-11H2,1-2H3. The Kier molecular flexibility index (Phi) is 8.54. The van der Waals surface area contributed by atoms with Gasteiger partial charge in [0.25, 0.3) is 0 Å². The van der Waals surface area contributed by atoms with E-state index in [1.54, 1.807) is 0 Å².